The Morgan fingerprint density at radius 3 is 2.59 bits per heavy atom. The summed E-state index contributed by atoms with van der Waals surface area (Å²) in [6, 6.07) is 14.5. The highest BCUT2D eigenvalue weighted by Gasteiger charge is 2.34. The van der Waals surface area contributed by atoms with E-state index in [4.69, 9.17) is 11.6 Å². The molecular formula is C19H22ClN3O3S. The van der Waals surface area contributed by atoms with Gasteiger partial charge in [-0.25, -0.2) is 0 Å². The van der Waals surface area contributed by atoms with Crippen molar-refractivity contribution in [1.82, 2.24) is 8.61 Å². The van der Waals surface area contributed by atoms with Crippen molar-refractivity contribution in [3.8, 4) is 0 Å². The fourth-order valence-corrected chi connectivity index (χ4v) is 4.89. The van der Waals surface area contributed by atoms with Crippen LogP contribution in [0.25, 0.3) is 0 Å². The first-order valence-electron chi connectivity index (χ1n) is 8.71. The highest BCUT2D eigenvalue weighted by molar-refractivity contribution is 7.86. The Kier molecular flexibility index (Phi) is 6.16. The van der Waals surface area contributed by atoms with E-state index in [-0.39, 0.29) is 19.0 Å². The molecule has 0 radical (unpaired) electrons. The monoisotopic (exact) mass is 407 g/mol. The zero-order chi connectivity index (χ0) is 19.4. The van der Waals surface area contributed by atoms with Crippen molar-refractivity contribution in [1.29, 1.82) is 0 Å². The second-order valence-electron chi connectivity index (χ2n) is 6.52. The first-order valence-corrected chi connectivity index (χ1v) is 10.5. The topological polar surface area (TPSA) is 69.7 Å². The van der Waals surface area contributed by atoms with Crippen LogP contribution in [-0.4, -0.2) is 42.6 Å². The van der Waals surface area contributed by atoms with Gasteiger partial charge in [0.25, 0.3) is 10.2 Å². The molecule has 1 saturated heterocycles. The van der Waals surface area contributed by atoms with Crippen molar-refractivity contribution in [2.45, 2.75) is 19.9 Å². The molecule has 0 saturated carbocycles. The molecule has 0 aliphatic carbocycles. The lowest BCUT2D eigenvalue weighted by Gasteiger charge is -2.34. The normalized spacial score (nSPS) is 17.6. The van der Waals surface area contributed by atoms with Gasteiger partial charge in [-0.15, -0.1) is 0 Å². The molecule has 1 fully saturated rings. The molecule has 1 heterocycles. The summed E-state index contributed by atoms with van der Waals surface area (Å²) in [5, 5.41) is 3.35. The van der Waals surface area contributed by atoms with Crippen molar-refractivity contribution in [2.75, 3.05) is 25.0 Å². The van der Waals surface area contributed by atoms with Crippen LogP contribution in [0.15, 0.2) is 48.5 Å². The predicted octanol–water partition coefficient (Wildman–Crippen LogP) is 3.04. The molecule has 2 aromatic rings. The molecule has 2 aromatic carbocycles. The van der Waals surface area contributed by atoms with Crippen LogP contribution in [0.5, 0.6) is 0 Å². The molecule has 0 bridgehead atoms. The third-order valence-electron chi connectivity index (χ3n) is 4.45. The summed E-state index contributed by atoms with van der Waals surface area (Å²) in [6.07, 6.45) is 0.664. The van der Waals surface area contributed by atoms with Crippen LogP contribution >= 0.6 is 11.6 Å². The summed E-state index contributed by atoms with van der Waals surface area (Å²) in [5.41, 5.74) is 2.43. The van der Waals surface area contributed by atoms with Gasteiger partial charge in [-0.2, -0.15) is 17.0 Å². The van der Waals surface area contributed by atoms with Gasteiger partial charge >= 0.3 is 0 Å². The molecule has 1 amide bonds. The van der Waals surface area contributed by atoms with E-state index < -0.39 is 10.2 Å². The Morgan fingerprint density at radius 2 is 1.85 bits per heavy atom. The third-order valence-corrected chi connectivity index (χ3v) is 6.62. The number of anilines is 1. The molecule has 27 heavy (non-hydrogen) atoms. The summed E-state index contributed by atoms with van der Waals surface area (Å²) in [5.74, 6) is -0.350. The minimum Gasteiger partial charge on any atom is -0.325 e. The van der Waals surface area contributed by atoms with E-state index in [0.29, 0.717) is 30.2 Å². The van der Waals surface area contributed by atoms with Crippen molar-refractivity contribution >= 4 is 33.4 Å². The summed E-state index contributed by atoms with van der Waals surface area (Å²) in [7, 11) is -3.71. The second kappa shape index (κ2) is 8.39. The summed E-state index contributed by atoms with van der Waals surface area (Å²) >= 11 is 5.99. The quantitative estimate of drug-likeness (QED) is 0.828. The fourth-order valence-electron chi connectivity index (χ4n) is 3.04. The van der Waals surface area contributed by atoms with Crippen LogP contribution in [0.3, 0.4) is 0 Å². The molecule has 0 unspecified atom stereocenters. The number of benzene rings is 2. The molecule has 1 N–H and O–H groups in total. The number of nitrogens with one attached hydrogen (secondary N) is 1. The number of rotatable bonds is 5. The van der Waals surface area contributed by atoms with E-state index in [1.807, 2.05) is 31.2 Å². The van der Waals surface area contributed by atoms with Gasteiger partial charge in [-0.3, -0.25) is 4.79 Å². The Balaban J connectivity index is 1.68. The smallest absolute Gasteiger partial charge is 0.282 e. The lowest BCUT2D eigenvalue weighted by Crippen LogP contribution is -2.51. The Hall–Kier alpha value is -1.93. The first kappa shape index (κ1) is 19.8. The highest BCUT2D eigenvalue weighted by atomic mass is 35.5. The Bertz CT molecular complexity index is 933. The number of carbonyl (C=O) groups excluding carboxylic acids is 1. The first-order chi connectivity index (χ1) is 12.9. The zero-order valence-electron chi connectivity index (χ0n) is 15.1. The lowest BCUT2D eigenvalue weighted by atomic mass is 10.2. The van der Waals surface area contributed by atoms with Gasteiger partial charge in [0.05, 0.1) is 6.54 Å². The van der Waals surface area contributed by atoms with Crippen LogP contribution in [0.2, 0.25) is 5.02 Å². The minimum absolute atomic E-state index is 0.206. The van der Waals surface area contributed by atoms with Crippen LogP contribution in [-0.2, 0) is 21.5 Å². The van der Waals surface area contributed by atoms with E-state index >= 15 is 0 Å². The Morgan fingerprint density at radius 1 is 1.11 bits per heavy atom. The van der Waals surface area contributed by atoms with Gasteiger partial charge in [0.15, 0.2) is 0 Å². The van der Waals surface area contributed by atoms with E-state index in [0.717, 1.165) is 11.1 Å². The molecule has 1 aliphatic rings. The number of carbonyl (C=O) groups is 1. The summed E-state index contributed by atoms with van der Waals surface area (Å²) in [6.45, 7) is 2.67. The van der Waals surface area contributed by atoms with Crippen LogP contribution in [0.1, 0.15) is 17.5 Å². The average molecular weight is 408 g/mol. The number of hydrogen-bond donors (Lipinski definition) is 1. The summed E-state index contributed by atoms with van der Waals surface area (Å²) < 4.78 is 28.4. The number of hydrogen-bond acceptors (Lipinski definition) is 3. The fraction of sp³-hybridized carbons (Fsp3) is 0.316. The molecule has 0 atom stereocenters. The van der Waals surface area contributed by atoms with E-state index in [1.54, 1.807) is 24.3 Å². The van der Waals surface area contributed by atoms with Gasteiger partial charge in [0.2, 0.25) is 5.91 Å². The molecule has 1 aliphatic heterocycles. The van der Waals surface area contributed by atoms with Gasteiger partial charge in [-0.05, 0) is 42.7 Å². The summed E-state index contributed by atoms with van der Waals surface area (Å²) in [4.78, 5) is 12.4. The number of nitrogens with zero attached hydrogens (tertiary/aromatic N) is 2. The third kappa shape index (κ3) is 4.87. The largest absolute Gasteiger partial charge is 0.325 e. The van der Waals surface area contributed by atoms with Crippen LogP contribution < -0.4 is 5.32 Å². The van der Waals surface area contributed by atoms with Crippen molar-refractivity contribution < 1.29 is 13.2 Å². The maximum atomic E-state index is 12.9. The molecule has 0 spiro atoms. The molecule has 6 nitrogen and oxygen atoms in total. The maximum Gasteiger partial charge on any atom is 0.282 e. The minimum atomic E-state index is -3.71. The van der Waals surface area contributed by atoms with Gasteiger partial charge in [-0.1, -0.05) is 41.9 Å². The SMILES string of the molecule is Cc1ccccc1NC(=O)CN1CCCN(Cc2cccc(Cl)c2)S1(=O)=O. The molecule has 3 rings (SSSR count). The number of aryl methyl sites for hydroxylation is 1. The van der Waals surface area contributed by atoms with Crippen LogP contribution in [0, 0.1) is 6.92 Å². The second-order valence-corrected chi connectivity index (χ2v) is 8.89. The van der Waals surface area contributed by atoms with E-state index in [1.165, 1.54) is 8.61 Å². The standard InChI is InChI=1S/C19H22ClN3O3S/c1-15-6-2-3-9-18(15)21-19(24)14-23-11-5-10-22(27(23,25)26)13-16-7-4-8-17(20)12-16/h2-4,6-9,12H,5,10-11,13-14H2,1H3,(H,21,24). The van der Waals surface area contributed by atoms with Crippen molar-refractivity contribution in [2.24, 2.45) is 0 Å². The molecule has 144 valence electrons. The zero-order valence-corrected chi connectivity index (χ0v) is 16.6. The Labute approximate surface area is 164 Å². The number of amides is 1. The van der Waals surface area contributed by atoms with Crippen molar-refractivity contribution in [3.63, 3.8) is 0 Å². The van der Waals surface area contributed by atoms with Gasteiger partial charge in [0.1, 0.15) is 0 Å². The lowest BCUT2D eigenvalue weighted by molar-refractivity contribution is -0.116. The number of halogens is 1. The molecular weight excluding hydrogens is 386 g/mol. The maximum absolute atomic E-state index is 12.9. The van der Waals surface area contributed by atoms with Gasteiger partial charge in [0, 0.05) is 30.3 Å². The van der Waals surface area contributed by atoms with E-state index in [2.05, 4.69) is 5.32 Å². The molecule has 8 heteroatoms. The highest BCUT2D eigenvalue weighted by Crippen LogP contribution is 2.21. The van der Waals surface area contributed by atoms with Crippen molar-refractivity contribution in [3.05, 3.63) is 64.7 Å². The number of para-hydroxylation sites is 1. The van der Waals surface area contributed by atoms with Crippen LogP contribution in [0.4, 0.5) is 5.69 Å². The average Bonchev–Trinajstić information content (AvgIpc) is 2.61. The molecule has 0 aromatic heterocycles. The van der Waals surface area contributed by atoms with Gasteiger partial charge < -0.3 is 5.32 Å². The predicted molar refractivity (Wildman–Crippen MR) is 107 cm³/mol. The van der Waals surface area contributed by atoms with E-state index in [9.17, 15) is 13.2 Å².